The van der Waals surface area contributed by atoms with Crippen LogP contribution in [0, 0.1) is 0 Å². The van der Waals surface area contributed by atoms with E-state index in [1.807, 2.05) is 6.07 Å². The molecule has 0 N–H and O–H groups in total. The van der Waals surface area contributed by atoms with E-state index in [0.29, 0.717) is 64.2 Å². The highest BCUT2D eigenvalue weighted by Crippen LogP contribution is 2.23. The highest BCUT2D eigenvalue weighted by atomic mass is 16.5. The molecule has 0 saturated carbocycles. The van der Waals surface area contributed by atoms with Gasteiger partial charge in [0, 0.05) is 6.21 Å². The van der Waals surface area contributed by atoms with E-state index < -0.39 is 17.9 Å². The van der Waals surface area contributed by atoms with Crippen molar-refractivity contribution in [3.8, 4) is 28.7 Å². The number of aliphatic imine (C=N–C) groups is 1. The zero-order valence-electron chi connectivity index (χ0n) is 37.1. The molecule has 5 aromatic rings. The lowest BCUT2D eigenvalue weighted by Gasteiger charge is -2.09. The van der Waals surface area contributed by atoms with E-state index in [2.05, 4.69) is 18.8 Å². The van der Waals surface area contributed by atoms with Crippen molar-refractivity contribution in [1.82, 2.24) is 0 Å². The average molecular weight is 854 g/mol. The van der Waals surface area contributed by atoms with Crippen LogP contribution in [0.25, 0.3) is 0 Å². The van der Waals surface area contributed by atoms with Gasteiger partial charge in [-0.3, -0.25) is 4.99 Å². The summed E-state index contributed by atoms with van der Waals surface area (Å²) in [6, 6.07) is 33.9. The van der Waals surface area contributed by atoms with Crippen molar-refractivity contribution in [2.45, 2.75) is 117 Å². The van der Waals surface area contributed by atoms with Crippen LogP contribution in [0.3, 0.4) is 0 Å². The zero-order valence-corrected chi connectivity index (χ0v) is 37.1. The van der Waals surface area contributed by atoms with Gasteiger partial charge in [-0.2, -0.15) is 0 Å². The Bertz CT molecular complexity index is 2130. The Morgan fingerprint density at radius 2 is 0.778 bits per heavy atom. The summed E-state index contributed by atoms with van der Waals surface area (Å²) in [5.74, 6) is 0.951. The number of hydrogen-bond acceptors (Lipinski definition) is 9. The molecule has 0 bridgehead atoms. The van der Waals surface area contributed by atoms with E-state index in [1.54, 1.807) is 121 Å². The van der Waals surface area contributed by atoms with Gasteiger partial charge in [0.25, 0.3) is 0 Å². The maximum atomic E-state index is 13.0. The van der Waals surface area contributed by atoms with E-state index in [4.69, 9.17) is 23.7 Å². The third kappa shape index (κ3) is 18.0. The molecule has 0 amide bonds. The van der Waals surface area contributed by atoms with Crippen LogP contribution in [0.15, 0.2) is 126 Å². The first-order valence-electron chi connectivity index (χ1n) is 22.9. The number of benzene rings is 5. The number of unbranched alkanes of at least 4 members (excludes halogenated alkanes) is 14. The molecule has 9 nitrogen and oxygen atoms in total. The summed E-state index contributed by atoms with van der Waals surface area (Å²) in [5, 5.41) is 0. The molecule has 0 unspecified atom stereocenters. The van der Waals surface area contributed by atoms with E-state index >= 15 is 0 Å². The molecule has 0 atom stereocenters. The fraction of sp³-hybridized carbons (Fsp3) is 0.370. The molecule has 5 rings (SSSR count). The van der Waals surface area contributed by atoms with Gasteiger partial charge in [0.15, 0.2) is 0 Å². The van der Waals surface area contributed by atoms with Crippen LogP contribution < -0.4 is 23.7 Å². The second-order valence-corrected chi connectivity index (χ2v) is 15.7. The van der Waals surface area contributed by atoms with E-state index in [-0.39, 0.29) is 0 Å². The Balaban J connectivity index is 0.998. The largest absolute Gasteiger partial charge is 0.494 e. The molecule has 0 aliphatic rings. The van der Waals surface area contributed by atoms with Crippen molar-refractivity contribution in [2.75, 3.05) is 13.2 Å². The summed E-state index contributed by atoms with van der Waals surface area (Å²) < 4.78 is 28.4. The maximum absolute atomic E-state index is 13.0. The molecule has 0 fully saturated rings. The van der Waals surface area contributed by atoms with Crippen molar-refractivity contribution < 1.29 is 38.1 Å². The van der Waals surface area contributed by atoms with Gasteiger partial charge in [0.2, 0.25) is 0 Å². The molecule has 0 aliphatic heterocycles. The van der Waals surface area contributed by atoms with Crippen LogP contribution in [-0.4, -0.2) is 37.3 Å². The van der Waals surface area contributed by atoms with Crippen LogP contribution in [-0.2, 0) is 0 Å². The molecular weight excluding hydrogens is 791 g/mol. The normalized spacial score (nSPS) is 11.0. The topological polar surface area (TPSA) is 110 Å². The lowest BCUT2D eigenvalue weighted by molar-refractivity contribution is 0.0719. The number of esters is 3. The molecule has 5 aromatic carbocycles. The number of ether oxygens (including phenoxy) is 5. The van der Waals surface area contributed by atoms with E-state index in [9.17, 15) is 14.4 Å². The van der Waals surface area contributed by atoms with Crippen LogP contribution in [0.2, 0.25) is 0 Å². The minimum absolute atomic E-state index is 0.298. The van der Waals surface area contributed by atoms with Gasteiger partial charge in [0.05, 0.1) is 35.6 Å². The van der Waals surface area contributed by atoms with Crippen molar-refractivity contribution in [2.24, 2.45) is 4.99 Å². The minimum Gasteiger partial charge on any atom is -0.494 e. The predicted octanol–water partition coefficient (Wildman–Crippen LogP) is 14.1. The van der Waals surface area contributed by atoms with Crippen LogP contribution in [0.1, 0.15) is 153 Å². The van der Waals surface area contributed by atoms with Gasteiger partial charge in [0.1, 0.15) is 28.7 Å². The molecule has 9 heteroatoms. The molecule has 0 aliphatic carbocycles. The van der Waals surface area contributed by atoms with Gasteiger partial charge >= 0.3 is 17.9 Å². The first-order valence-corrected chi connectivity index (χ1v) is 22.9. The summed E-state index contributed by atoms with van der Waals surface area (Å²) in [6.45, 7) is 5.78. The number of carbonyl (C=O) groups is 3. The monoisotopic (exact) mass is 853 g/mol. The third-order valence-corrected chi connectivity index (χ3v) is 10.5. The molecule has 0 heterocycles. The van der Waals surface area contributed by atoms with Crippen molar-refractivity contribution in [3.63, 3.8) is 0 Å². The fourth-order valence-electron chi connectivity index (χ4n) is 6.80. The summed E-state index contributed by atoms with van der Waals surface area (Å²) >= 11 is 0. The van der Waals surface area contributed by atoms with E-state index in [0.717, 1.165) is 25.0 Å². The number of rotatable bonds is 28. The van der Waals surface area contributed by atoms with Crippen molar-refractivity contribution in [3.05, 3.63) is 144 Å². The quantitative estimate of drug-likeness (QED) is 0.0212. The van der Waals surface area contributed by atoms with Crippen LogP contribution in [0.5, 0.6) is 28.7 Å². The minimum atomic E-state index is -0.550. The van der Waals surface area contributed by atoms with Crippen molar-refractivity contribution >= 4 is 29.8 Å². The standard InChI is InChI=1S/C54H63NO8/c1-3-5-7-9-11-12-13-14-16-18-39-60-48-28-22-43(23-29-48)52(56)61-49-32-26-46(27-33-49)55-41-42-20-19-21-45(40-42)54(58)63-51-36-34-50(35-37-51)62-53(57)44-24-30-47(31-25-44)59-38-17-15-10-8-6-4-2/h19-37,40-41H,3-18,38-39H2,1-2H3. The van der Waals surface area contributed by atoms with Crippen molar-refractivity contribution in [1.29, 1.82) is 0 Å². The molecule has 0 spiro atoms. The molecule has 0 radical (unpaired) electrons. The number of nitrogens with zero attached hydrogens (tertiary/aromatic N) is 1. The fourth-order valence-corrected chi connectivity index (χ4v) is 6.80. The highest BCUT2D eigenvalue weighted by Gasteiger charge is 2.13. The zero-order chi connectivity index (χ0) is 44.3. The van der Waals surface area contributed by atoms with Gasteiger partial charge in [-0.15, -0.1) is 0 Å². The smallest absolute Gasteiger partial charge is 0.343 e. The van der Waals surface area contributed by atoms with Gasteiger partial charge in [-0.05, 0) is 128 Å². The van der Waals surface area contributed by atoms with Crippen LogP contribution >= 0.6 is 0 Å². The Hall–Kier alpha value is -6.22. The molecular formula is C54H63NO8. The predicted molar refractivity (Wildman–Crippen MR) is 251 cm³/mol. The Morgan fingerprint density at radius 1 is 0.413 bits per heavy atom. The van der Waals surface area contributed by atoms with Crippen LogP contribution in [0.4, 0.5) is 5.69 Å². The third-order valence-electron chi connectivity index (χ3n) is 10.5. The molecule has 0 aromatic heterocycles. The summed E-state index contributed by atoms with van der Waals surface area (Å²) in [5.41, 5.74) is 2.50. The Morgan fingerprint density at radius 3 is 1.21 bits per heavy atom. The second kappa shape index (κ2) is 27.7. The average Bonchev–Trinajstić information content (AvgIpc) is 3.31. The lowest BCUT2D eigenvalue weighted by atomic mass is 10.1. The lowest BCUT2D eigenvalue weighted by Crippen LogP contribution is -2.10. The summed E-state index contributed by atoms with van der Waals surface area (Å²) in [6.07, 6.45) is 21.6. The molecule has 63 heavy (non-hydrogen) atoms. The summed E-state index contributed by atoms with van der Waals surface area (Å²) in [7, 11) is 0. The van der Waals surface area contributed by atoms with Gasteiger partial charge in [-0.1, -0.05) is 116 Å². The highest BCUT2D eigenvalue weighted by molar-refractivity contribution is 5.94. The SMILES string of the molecule is CCCCCCCCCCCCOc1ccc(C(=O)Oc2ccc(N=Cc3cccc(C(=O)Oc4ccc(OC(=O)c5ccc(OCCCCCCCC)cc5)cc4)c3)cc2)cc1. The maximum Gasteiger partial charge on any atom is 0.343 e. The molecule has 0 saturated heterocycles. The second-order valence-electron chi connectivity index (χ2n) is 15.7. The number of carbonyl (C=O) groups excluding carboxylic acids is 3. The Kier molecular flexibility index (Phi) is 21.0. The van der Waals surface area contributed by atoms with Gasteiger partial charge < -0.3 is 23.7 Å². The van der Waals surface area contributed by atoms with E-state index in [1.165, 1.54) is 83.5 Å². The first-order chi connectivity index (χ1) is 30.9. The molecule has 332 valence electrons. The van der Waals surface area contributed by atoms with Gasteiger partial charge in [-0.25, -0.2) is 14.4 Å². The number of hydrogen-bond donors (Lipinski definition) is 0. The Labute approximate surface area is 373 Å². The summed E-state index contributed by atoms with van der Waals surface area (Å²) in [4.78, 5) is 43.0. The first kappa shape index (κ1) is 47.8.